The molecule has 0 rings (SSSR count). The largest absolute Gasteiger partial charge is 0.462 e. The number of allylic oxidation sites excluding steroid dienone is 6. The predicted molar refractivity (Wildman–Crippen MR) is 307 cm³/mol. The number of esters is 3. The average molecular weight is 998 g/mol. The number of unbranched alkanes of at least 4 members (excludes halogenated alkanes) is 41. The van der Waals surface area contributed by atoms with Crippen molar-refractivity contribution in [1.29, 1.82) is 0 Å². The minimum Gasteiger partial charge on any atom is -0.462 e. The van der Waals surface area contributed by atoms with Crippen molar-refractivity contribution in [2.75, 3.05) is 13.2 Å². The van der Waals surface area contributed by atoms with E-state index < -0.39 is 6.10 Å². The van der Waals surface area contributed by atoms with Crippen LogP contribution in [0, 0.1) is 0 Å². The van der Waals surface area contributed by atoms with Crippen molar-refractivity contribution in [3.05, 3.63) is 36.5 Å². The zero-order valence-electron chi connectivity index (χ0n) is 47.8. The fourth-order valence-electron chi connectivity index (χ4n) is 9.35. The third kappa shape index (κ3) is 58.4. The second kappa shape index (κ2) is 60.2. The molecule has 0 aliphatic carbocycles. The Bertz CT molecular complexity index is 1190. The maximum Gasteiger partial charge on any atom is 0.306 e. The van der Waals surface area contributed by atoms with Gasteiger partial charge < -0.3 is 14.2 Å². The van der Waals surface area contributed by atoms with E-state index in [0.717, 1.165) is 70.6 Å². The quantitative estimate of drug-likeness (QED) is 0.0261. The standard InChI is InChI=1S/C65H120O6/c1-4-7-10-13-16-19-22-25-26-27-28-29-30-31-32-33-34-35-36-37-38-39-40-41-44-46-49-52-55-58-64(67)70-61-62(71-65(68)59-56-53-50-47-43-24-21-18-15-12-9-6-3)60-69-63(66)57-54-51-48-45-42-23-20-17-14-11-8-5-2/h18,21-22,25,27-28,62H,4-17,19-20,23-24,26,29-61H2,1-3H3/b21-18-,25-22-,28-27-. The molecule has 0 N–H and O–H groups in total. The van der Waals surface area contributed by atoms with Crippen LogP contribution >= 0.6 is 0 Å². The normalized spacial score (nSPS) is 12.2. The molecule has 6 nitrogen and oxygen atoms in total. The number of carbonyl (C=O) groups excluding carboxylic acids is 3. The third-order valence-electron chi connectivity index (χ3n) is 14.1. The van der Waals surface area contributed by atoms with Crippen LogP contribution in [0.3, 0.4) is 0 Å². The lowest BCUT2D eigenvalue weighted by Crippen LogP contribution is -2.30. The lowest BCUT2D eigenvalue weighted by atomic mass is 10.0. The molecule has 0 aliphatic rings. The van der Waals surface area contributed by atoms with Crippen molar-refractivity contribution in [1.82, 2.24) is 0 Å². The van der Waals surface area contributed by atoms with Crippen LogP contribution < -0.4 is 0 Å². The van der Waals surface area contributed by atoms with Gasteiger partial charge in [0.25, 0.3) is 0 Å². The van der Waals surface area contributed by atoms with Crippen LogP contribution in [0.25, 0.3) is 0 Å². The summed E-state index contributed by atoms with van der Waals surface area (Å²) in [6, 6.07) is 0. The summed E-state index contributed by atoms with van der Waals surface area (Å²) < 4.78 is 16.9. The van der Waals surface area contributed by atoms with Gasteiger partial charge in [-0.1, -0.05) is 282 Å². The van der Waals surface area contributed by atoms with Crippen LogP contribution in [-0.4, -0.2) is 37.2 Å². The summed E-state index contributed by atoms with van der Waals surface area (Å²) in [6.45, 7) is 6.64. The van der Waals surface area contributed by atoms with Gasteiger partial charge in [-0.2, -0.15) is 0 Å². The molecule has 0 aromatic heterocycles. The molecule has 0 spiro atoms. The van der Waals surface area contributed by atoms with E-state index >= 15 is 0 Å². The number of carbonyl (C=O) groups is 3. The summed E-state index contributed by atoms with van der Waals surface area (Å²) in [4.78, 5) is 38.1. The van der Waals surface area contributed by atoms with Gasteiger partial charge in [0.1, 0.15) is 13.2 Å². The number of rotatable bonds is 58. The van der Waals surface area contributed by atoms with Gasteiger partial charge >= 0.3 is 17.9 Å². The zero-order chi connectivity index (χ0) is 51.4. The van der Waals surface area contributed by atoms with Crippen LogP contribution in [0.2, 0.25) is 0 Å². The van der Waals surface area contributed by atoms with Crippen molar-refractivity contribution in [2.45, 2.75) is 348 Å². The summed E-state index contributed by atoms with van der Waals surface area (Å²) in [7, 11) is 0. The van der Waals surface area contributed by atoms with Crippen molar-refractivity contribution in [3.63, 3.8) is 0 Å². The summed E-state index contributed by atoms with van der Waals surface area (Å²) in [5, 5.41) is 0. The molecule has 0 fully saturated rings. The molecule has 6 heteroatoms. The third-order valence-corrected chi connectivity index (χ3v) is 14.1. The molecule has 0 aromatic carbocycles. The molecule has 0 saturated heterocycles. The smallest absolute Gasteiger partial charge is 0.306 e. The number of ether oxygens (including phenoxy) is 3. The van der Waals surface area contributed by atoms with Gasteiger partial charge in [-0.3, -0.25) is 14.4 Å². The molecule has 0 radical (unpaired) electrons. The van der Waals surface area contributed by atoms with Crippen LogP contribution in [0.1, 0.15) is 342 Å². The molecule has 1 atom stereocenters. The fourth-order valence-corrected chi connectivity index (χ4v) is 9.35. The van der Waals surface area contributed by atoms with E-state index in [9.17, 15) is 14.4 Å². The maximum absolute atomic E-state index is 12.8. The highest BCUT2D eigenvalue weighted by atomic mass is 16.6. The molecule has 416 valence electrons. The molecule has 1 unspecified atom stereocenters. The Morgan fingerprint density at radius 2 is 0.507 bits per heavy atom. The summed E-state index contributed by atoms with van der Waals surface area (Å²) in [6.07, 6.45) is 73.1. The predicted octanol–water partition coefficient (Wildman–Crippen LogP) is 21.2. The Morgan fingerprint density at radius 1 is 0.282 bits per heavy atom. The lowest BCUT2D eigenvalue weighted by molar-refractivity contribution is -0.167. The van der Waals surface area contributed by atoms with Crippen LogP contribution in [0.15, 0.2) is 36.5 Å². The molecular formula is C65H120O6. The minimum absolute atomic E-state index is 0.0705. The van der Waals surface area contributed by atoms with Crippen LogP contribution in [-0.2, 0) is 28.6 Å². The van der Waals surface area contributed by atoms with Gasteiger partial charge in [0.05, 0.1) is 0 Å². The monoisotopic (exact) mass is 997 g/mol. The van der Waals surface area contributed by atoms with Gasteiger partial charge in [-0.15, -0.1) is 0 Å². The van der Waals surface area contributed by atoms with Crippen LogP contribution in [0.5, 0.6) is 0 Å². The summed E-state index contributed by atoms with van der Waals surface area (Å²) in [5.74, 6) is -0.861. The second-order valence-corrected chi connectivity index (χ2v) is 21.3. The molecule has 0 amide bonds. The highest BCUT2D eigenvalue weighted by Crippen LogP contribution is 2.17. The Balaban J connectivity index is 4.10. The number of hydrogen-bond donors (Lipinski definition) is 0. The van der Waals surface area contributed by atoms with E-state index in [1.165, 1.54) is 231 Å². The van der Waals surface area contributed by atoms with E-state index in [1.807, 2.05) is 0 Å². The highest BCUT2D eigenvalue weighted by molar-refractivity contribution is 5.71. The van der Waals surface area contributed by atoms with Gasteiger partial charge in [0.2, 0.25) is 0 Å². The Labute approximate surface area is 442 Å². The molecule has 0 bridgehead atoms. The van der Waals surface area contributed by atoms with Crippen molar-refractivity contribution in [3.8, 4) is 0 Å². The van der Waals surface area contributed by atoms with Gasteiger partial charge in [0.15, 0.2) is 6.10 Å². The zero-order valence-corrected chi connectivity index (χ0v) is 47.8. The summed E-state index contributed by atoms with van der Waals surface area (Å²) in [5.41, 5.74) is 0. The molecule has 0 heterocycles. The first-order chi connectivity index (χ1) is 35.0. The Morgan fingerprint density at radius 3 is 0.817 bits per heavy atom. The van der Waals surface area contributed by atoms with Gasteiger partial charge in [0, 0.05) is 19.3 Å². The highest BCUT2D eigenvalue weighted by Gasteiger charge is 2.19. The van der Waals surface area contributed by atoms with Crippen LogP contribution in [0.4, 0.5) is 0 Å². The fraction of sp³-hybridized carbons (Fsp3) is 0.862. The Kier molecular flexibility index (Phi) is 58.2. The second-order valence-electron chi connectivity index (χ2n) is 21.3. The first kappa shape index (κ1) is 68.6. The first-order valence-corrected chi connectivity index (χ1v) is 31.5. The lowest BCUT2D eigenvalue weighted by Gasteiger charge is -2.18. The van der Waals surface area contributed by atoms with E-state index in [4.69, 9.17) is 14.2 Å². The minimum atomic E-state index is -0.771. The van der Waals surface area contributed by atoms with Crippen molar-refractivity contribution >= 4 is 17.9 Å². The Hall–Kier alpha value is -2.37. The van der Waals surface area contributed by atoms with E-state index in [1.54, 1.807) is 0 Å². The van der Waals surface area contributed by atoms with Crippen molar-refractivity contribution < 1.29 is 28.6 Å². The van der Waals surface area contributed by atoms with Gasteiger partial charge in [-0.25, -0.2) is 0 Å². The van der Waals surface area contributed by atoms with Crippen molar-refractivity contribution in [2.24, 2.45) is 0 Å². The average Bonchev–Trinajstić information content (AvgIpc) is 3.37. The summed E-state index contributed by atoms with van der Waals surface area (Å²) >= 11 is 0. The molecule has 0 aromatic rings. The molecular weight excluding hydrogens is 877 g/mol. The van der Waals surface area contributed by atoms with E-state index in [0.29, 0.717) is 19.3 Å². The molecule has 0 aliphatic heterocycles. The number of hydrogen-bond acceptors (Lipinski definition) is 6. The first-order valence-electron chi connectivity index (χ1n) is 31.5. The van der Waals surface area contributed by atoms with E-state index in [-0.39, 0.29) is 31.1 Å². The van der Waals surface area contributed by atoms with E-state index in [2.05, 4.69) is 57.2 Å². The molecule has 71 heavy (non-hydrogen) atoms. The molecule has 0 saturated carbocycles. The topological polar surface area (TPSA) is 78.9 Å². The SMILES string of the molecule is CCCCC/C=C\CCCCCCCC(=O)OC(COC(=O)CCCCCCCCCCCCCC)COC(=O)CCCCCCCCCCCCCCCCCCC/C=C\C/C=C\CCCCCCC. The maximum atomic E-state index is 12.8. The van der Waals surface area contributed by atoms with Gasteiger partial charge in [-0.05, 0) is 77.0 Å².